The third-order valence-electron chi connectivity index (χ3n) is 5.21. The van der Waals surface area contributed by atoms with Crippen LogP contribution in [0.4, 0.5) is 0 Å². The van der Waals surface area contributed by atoms with Crippen LogP contribution in [-0.4, -0.2) is 60.3 Å². The van der Waals surface area contributed by atoms with Crippen LogP contribution >= 0.6 is 0 Å². The van der Waals surface area contributed by atoms with Crippen LogP contribution < -0.4 is 0 Å². The fourth-order valence-corrected chi connectivity index (χ4v) is 3.92. The van der Waals surface area contributed by atoms with Gasteiger partial charge in [-0.3, -0.25) is 4.55 Å². The molecule has 1 aliphatic heterocycles. The summed E-state index contributed by atoms with van der Waals surface area (Å²) in [4.78, 5) is 3.06. The summed E-state index contributed by atoms with van der Waals surface area (Å²) in [6, 6.07) is 7.70. The maximum Gasteiger partial charge on any atom is 0.294 e. The molecule has 1 aromatic heterocycles. The lowest BCUT2D eigenvalue weighted by atomic mass is 10.0. The van der Waals surface area contributed by atoms with Crippen LogP contribution in [0.2, 0.25) is 0 Å². The number of quaternary nitrogens is 1. The maximum atomic E-state index is 10.4. The molecule has 1 fully saturated rings. The number of benzene rings is 1. The Hall–Kier alpha value is -1.93. The van der Waals surface area contributed by atoms with E-state index < -0.39 is 10.1 Å². The Kier molecular flexibility index (Phi) is 7.00. The monoisotopic (exact) mass is 393 g/mol. The molecular weight excluding hydrogens is 364 g/mol. The number of aliphatic hydroxyl groups is 1. The smallest absolute Gasteiger partial charge is 0.294 e. The Bertz CT molecular complexity index is 861. The lowest BCUT2D eigenvalue weighted by molar-refractivity contribution is -0.920. The number of H-pyrrole nitrogens is 1. The zero-order valence-corrected chi connectivity index (χ0v) is 16.7. The first-order chi connectivity index (χ1) is 12.7. The van der Waals surface area contributed by atoms with Gasteiger partial charge in [0, 0.05) is 25.2 Å². The van der Waals surface area contributed by atoms with Crippen molar-refractivity contribution in [3.8, 4) is 0 Å². The number of aromatic amines is 1. The summed E-state index contributed by atoms with van der Waals surface area (Å²) in [7, 11) is -1.77. The van der Waals surface area contributed by atoms with Crippen molar-refractivity contribution in [3.63, 3.8) is 0 Å². The molecule has 2 aromatic rings. The summed E-state index contributed by atoms with van der Waals surface area (Å²) in [5.74, 6) is 0. The second-order valence-electron chi connectivity index (χ2n) is 7.35. The summed E-state index contributed by atoms with van der Waals surface area (Å²) in [6.45, 7) is 8.55. The van der Waals surface area contributed by atoms with E-state index in [0.29, 0.717) is 0 Å². The van der Waals surface area contributed by atoms with Crippen molar-refractivity contribution in [2.45, 2.75) is 30.7 Å². The van der Waals surface area contributed by atoms with Crippen LogP contribution in [0, 0.1) is 6.92 Å². The third-order valence-corrected chi connectivity index (χ3v) is 6.08. The summed E-state index contributed by atoms with van der Waals surface area (Å²) < 4.78 is 30.2. The second-order valence-corrected chi connectivity index (χ2v) is 8.77. The predicted molar refractivity (Wildman–Crippen MR) is 106 cm³/mol. The first-order valence-corrected chi connectivity index (χ1v) is 10.4. The first kappa shape index (κ1) is 21.4. The number of hydrogen-bond acceptors (Lipinski definition) is 3. The Balaban J connectivity index is 0.000000223. The Labute approximate surface area is 161 Å². The SMILES string of the molecule is C=C1CC[N+](C)([C@H](CO)Cc2c[nH]cc2C)C1.O=S(=O)(O)c1ccccc1. The fraction of sp³-hybridized carbons (Fsp3) is 0.400. The number of aliphatic hydroxyl groups excluding tert-OH is 1. The van der Waals surface area contributed by atoms with E-state index in [-0.39, 0.29) is 17.5 Å². The number of nitrogens with zero attached hydrogens (tertiary/aromatic N) is 1. The standard InChI is InChI=1S/C14H23N2O.C6H6O3S/c1-11-4-5-16(3,9-11)14(10-17)6-13-8-15-7-12(13)2;7-10(8,9)6-4-2-1-3-5-6/h7-8,14-15,17H,1,4-6,9-10H2,2-3H3;1-5H,(H,7,8,9)/q+1;/t14-,16?;/m0./s1. The van der Waals surface area contributed by atoms with E-state index in [2.05, 4.69) is 31.7 Å². The second kappa shape index (κ2) is 8.84. The molecule has 27 heavy (non-hydrogen) atoms. The molecule has 0 amide bonds. The van der Waals surface area contributed by atoms with Gasteiger partial charge >= 0.3 is 0 Å². The quantitative estimate of drug-likeness (QED) is 0.414. The average molecular weight is 394 g/mol. The van der Waals surface area contributed by atoms with E-state index in [1.54, 1.807) is 18.2 Å². The summed E-state index contributed by atoms with van der Waals surface area (Å²) in [5, 5.41) is 9.67. The highest BCUT2D eigenvalue weighted by Crippen LogP contribution is 2.26. The van der Waals surface area contributed by atoms with Gasteiger partial charge in [-0.2, -0.15) is 8.42 Å². The molecule has 3 rings (SSSR count). The van der Waals surface area contributed by atoms with Crippen LogP contribution in [0.15, 0.2) is 59.8 Å². The topological polar surface area (TPSA) is 90.4 Å². The Morgan fingerprint density at radius 3 is 2.33 bits per heavy atom. The predicted octanol–water partition coefficient (Wildman–Crippen LogP) is 2.57. The van der Waals surface area contributed by atoms with Crippen LogP contribution in [0.5, 0.6) is 0 Å². The van der Waals surface area contributed by atoms with Crippen molar-refractivity contribution in [1.29, 1.82) is 0 Å². The molecule has 0 radical (unpaired) electrons. The number of aryl methyl sites for hydroxylation is 1. The number of hydrogen-bond donors (Lipinski definition) is 3. The minimum Gasteiger partial charge on any atom is -0.390 e. The normalized spacial score (nSPS) is 20.8. The molecular formula is C20H29N2O4S+. The summed E-state index contributed by atoms with van der Waals surface area (Å²) in [5.41, 5.74) is 3.92. The van der Waals surface area contributed by atoms with Crippen LogP contribution in [0.3, 0.4) is 0 Å². The van der Waals surface area contributed by atoms with Gasteiger partial charge in [-0.15, -0.1) is 0 Å². The van der Waals surface area contributed by atoms with Gasteiger partial charge in [-0.25, -0.2) is 0 Å². The van der Waals surface area contributed by atoms with Crippen LogP contribution in [0.1, 0.15) is 17.5 Å². The lowest BCUT2D eigenvalue weighted by Crippen LogP contribution is -2.53. The van der Waals surface area contributed by atoms with Crippen LogP contribution in [0.25, 0.3) is 0 Å². The van der Waals surface area contributed by atoms with Gasteiger partial charge in [0.2, 0.25) is 0 Å². The number of aromatic nitrogens is 1. The van der Waals surface area contributed by atoms with Crippen molar-refractivity contribution in [3.05, 3.63) is 66.0 Å². The van der Waals surface area contributed by atoms with E-state index in [9.17, 15) is 13.5 Å². The number of nitrogens with one attached hydrogen (secondary N) is 1. The van der Waals surface area contributed by atoms with Crippen LogP contribution in [-0.2, 0) is 16.5 Å². The van der Waals surface area contributed by atoms with Gasteiger partial charge in [0.05, 0.1) is 25.1 Å². The van der Waals surface area contributed by atoms with Crippen molar-refractivity contribution in [2.24, 2.45) is 0 Å². The Morgan fingerprint density at radius 2 is 1.93 bits per heavy atom. The molecule has 148 valence electrons. The fourth-order valence-electron chi connectivity index (χ4n) is 3.42. The van der Waals surface area contributed by atoms with E-state index in [1.807, 2.05) is 6.20 Å². The van der Waals surface area contributed by atoms with Gasteiger partial charge in [0.25, 0.3) is 10.1 Å². The third kappa shape index (κ3) is 5.77. The van der Waals surface area contributed by atoms with Gasteiger partial charge in [0.1, 0.15) is 12.6 Å². The first-order valence-electron chi connectivity index (χ1n) is 8.92. The molecule has 1 aliphatic rings. The summed E-state index contributed by atoms with van der Waals surface area (Å²) >= 11 is 0. The molecule has 2 heterocycles. The van der Waals surface area contributed by atoms with Gasteiger partial charge < -0.3 is 14.6 Å². The lowest BCUT2D eigenvalue weighted by Gasteiger charge is -2.37. The molecule has 3 N–H and O–H groups in total. The minimum absolute atomic E-state index is 0.0741. The highest BCUT2D eigenvalue weighted by molar-refractivity contribution is 7.85. The molecule has 6 nitrogen and oxygen atoms in total. The molecule has 7 heteroatoms. The molecule has 0 saturated carbocycles. The Morgan fingerprint density at radius 1 is 1.26 bits per heavy atom. The number of likely N-dealkylation sites (N-methyl/N-ethyl adjacent to an activating group) is 1. The van der Waals surface area contributed by atoms with E-state index in [1.165, 1.54) is 28.8 Å². The molecule has 2 atom stereocenters. The molecule has 1 unspecified atom stereocenters. The molecule has 0 aliphatic carbocycles. The zero-order valence-electron chi connectivity index (χ0n) is 15.9. The molecule has 1 aromatic carbocycles. The maximum absolute atomic E-state index is 10.4. The summed E-state index contributed by atoms with van der Waals surface area (Å²) in [6.07, 6.45) is 6.11. The van der Waals surface area contributed by atoms with Crippen molar-refractivity contribution < 1.29 is 22.6 Å². The van der Waals surface area contributed by atoms with Crippen molar-refractivity contribution >= 4 is 10.1 Å². The molecule has 0 spiro atoms. The molecule has 0 bridgehead atoms. The zero-order chi connectivity index (χ0) is 20.1. The van der Waals surface area contributed by atoms with E-state index in [4.69, 9.17) is 4.55 Å². The van der Waals surface area contributed by atoms with E-state index in [0.717, 1.165) is 30.4 Å². The van der Waals surface area contributed by atoms with Crippen molar-refractivity contribution in [2.75, 3.05) is 26.7 Å². The number of rotatable bonds is 5. The highest BCUT2D eigenvalue weighted by Gasteiger charge is 2.37. The largest absolute Gasteiger partial charge is 0.390 e. The number of likely N-dealkylation sites (tertiary alicyclic amines) is 1. The molecule has 1 saturated heterocycles. The van der Waals surface area contributed by atoms with Gasteiger partial charge in [0.15, 0.2) is 0 Å². The highest BCUT2D eigenvalue weighted by atomic mass is 32.2. The minimum atomic E-state index is -4.00. The van der Waals surface area contributed by atoms with Crippen molar-refractivity contribution in [1.82, 2.24) is 4.98 Å². The average Bonchev–Trinajstić information content (AvgIpc) is 3.19. The van der Waals surface area contributed by atoms with E-state index >= 15 is 0 Å². The van der Waals surface area contributed by atoms with Gasteiger partial charge in [-0.05, 0) is 35.8 Å². The van der Waals surface area contributed by atoms with Gasteiger partial charge in [-0.1, -0.05) is 24.8 Å².